The summed E-state index contributed by atoms with van der Waals surface area (Å²) in [5.41, 5.74) is 0.639. The smallest absolute Gasteiger partial charge is 0.264 e. The summed E-state index contributed by atoms with van der Waals surface area (Å²) in [7, 11) is -3.13. The standard InChI is InChI=1S/C25H35BrN4O5S/c1-15(2)30-23-6-4-5-22(26)20(23)11-21(25(30)33)24(32)28-16-9-17-7-8-18(10-16)29(17)13-19(31)12-27-14-36(3,34)35/h4-6,11,15-19,27,31H,7-10,12-14H2,1-3H3,(H,28,32)/t16?,17-,18+,19-/m1/s1. The zero-order valence-electron chi connectivity index (χ0n) is 20.9. The van der Waals surface area contributed by atoms with E-state index in [0.29, 0.717) is 6.54 Å². The molecule has 3 N–H and O–H groups in total. The number of carbonyl (C=O) groups is 1. The minimum atomic E-state index is -3.13. The molecule has 1 aromatic carbocycles. The third-order valence-electron chi connectivity index (χ3n) is 7.17. The number of aliphatic hydroxyl groups excluding tert-OH is 1. The van der Waals surface area contributed by atoms with E-state index < -0.39 is 15.9 Å². The third-order valence-corrected chi connectivity index (χ3v) is 8.59. The molecule has 1 unspecified atom stereocenters. The summed E-state index contributed by atoms with van der Waals surface area (Å²) >= 11 is 3.55. The molecule has 198 valence electrons. The number of fused-ring (bicyclic) bond motifs is 3. The summed E-state index contributed by atoms with van der Waals surface area (Å²) in [6, 6.07) is 7.67. The maximum atomic E-state index is 13.3. The Morgan fingerprint density at radius 1 is 1.22 bits per heavy atom. The Morgan fingerprint density at radius 3 is 2.50 bits per heavy atom. The monoisotopic (exact) mass is 582 g/mol. The number of piperidine rings is 1. The van der Waals surface area contributed by atoms with E-state index in [9.17, 15) is 23.1 Å². The molecule has 11 heteroatoms. The molecule has 9 nitrogen and oxygen atoms in total. The van der Waals surface area contributed by atoms with Crippen LogP contribution in [0.5, 0.6) is 0 Å². The van der Waals surface area contributed by atoms with Crippen LogP contribution in [0, 0.1) is 0 Å². The zero-order valence-corrected chi connectivity index (χ0v) is 23.3. The van der Waals surface area contributed by atoms with Crippen LogP contribution >= 0.6 is 15.9 Å². The summed E-state index contributed by atoms with van der Waals surface area (Å²) in [6.07, 6.45) is 3.96. The first-order chi connectivity index (χ1) is 16.9. The molecule has 0 radical (unpaired) electrons. The Kier molecular flexibility index (Phi) is 8.25. The largest absolute Gasteiger partial charge is 0.390 e. The van der Waals surface area contributed by atoms with Gasteiger partial charge in [-0.3, -0.25) is 14.5 Å². The summed E-state index contributed by atoms with van der Waals surface area (Å²) < 4.78 is 25.1. The fraction of sp³-hybridized carbons (Fsp3) is 0.600. The van der Waals surface area contributed by atoms with Crippen molar-refractivity contribution in [3.05, 3.63) is 44.7 Å². The number of sulfone groups is 1. The second-order valence-electron chi connectivity index (χ2n) is 10.4. The fourth-order valence-electron chi connectivity index (χ4n) is 5.67. The van der Waals surface area contributed by atoms with Crippen molar-refractivity contribution in [3.8, 4) is 0 Å². The molecule has 2 aliphatic rings. The van der Waals surface area contributed by atoms with Gasteiger partial charge in [-0.25, -0.2) is 8.42 Å². The SMILES string of the molecule is CC(C)n1c(=O)c(C(=O)NC2C[C@H]3CC[C@@H](C2)N3C[C@H](O)CNCS(C)(=O)=O)cc2c(Br)cccc21. The molecule has 3 heterocycles. The molecule has 2 saturated heterocycles. The van der Waals surface area contributed by atoms with Crippen molar-refractivity contribution in [1.82, 2.24) is 20.1 Å². The second kappa shape index (κ2) is 10.9. The van der Waals surface area contributed by atoms with Crippen molar-refractivity contribution in [1.29, 1.82) is 0 Å². The van der Waals surface area contributed by atoms with Crippen molar-refractivity contribution < 1.29 is 18.3 Å². The molecular formula is C25H35BrN4O5S. The predicted octanol–water partition coefficient (Wildman–Crippen LogP) is 2.02. The van der Waals surface area contributed by atoms with Crippen LogP contribution in [0.4, 0.5) is 0 Å². The van der Waals surface area contributed by atoms with Gasteiger partial charge in [-0.05, 0) is 57.7 Å². The Hall–Kier alpha value is -1.79. The van der Waals surface area contributed by atoms with Crippen LogP contribution in [0.15, 0.2) is 33.5 Å². The number of hydrogen-bond donors (Lipinski definition) is 3. The number of amides is 1. The van der Waals surface area contributed by atoms with Gasteiger partial charge in [0.1, 0.15) is 5.56 Å². The molecule has 1 amide bonds. The van der Waals surface area contributed by atoms with E-state index in [1.54, 1.807) is 10.6 Å². The van der Waals surface area contributed by atoms with Gasteiger partial charge in [-0.2, -0.15) is 0 Å². The number of pyridine rings is 1. The average Bonchev–Trinajstić information content (AvgIpc) is 2.99. The highest BCUT2D eigenvalue weighted by Crippen LogP contribution is 2.36. The predicted molar refractivity (Wildman–Crippen MR) is 144 cm³/mol. The summed E-state index contributed by atoms with van der Waals surface area (Å²) in [5.74, 6) is -0.510. The number of halogens is 1. The Bertz CT molecular complexity index is 1280. The number of carbonyl (C=O) groups excluding carboxylic acids is 1. The number of benzene rings is 1. The first kappa shape index (κ1) is 27.3. The first-order valence-electron chi connectivity index (χ1n) is 12.4. The van der Waals surface area contributed by atoms with E-state index in [0.717, 1.165) is 47.3 Å². The maximum Gasteiger partial charge on any atom is 0.264 e. The normalized spacial score (nSPS) is 23.3. The Labute approximate surface area is 220 Å². The van der Waals surface area contributed by atoms with Crippen LogP contribution in [-0.4, -0.2) is 78.4 Å². The quantitative estimate of drug-likeness (QED) is 0.413. The van der Waals surface area contributed by atoms with Crippen molar-refractivity contribution >= 4 is 42.6 Å². The lowest BCUT2D eigenvalue weighted by Gasteiger charge is -2.40. The molecule has 2 aromatic rings. The molecule has 0 aliphatic carbocycles. The highest BCUT2D eigenvalue weighted by atomic mass is 79.9. The number of hydrogen-bond acceptors (Lipinski definition) is 7. The van der Waals surface area contributed by atoms with E-state index in [-0.39, 0.29) is 53.6 Å². The summed E-state index contributed by atoms with van der Waals surface area (Å²) in [6.45, 7) is 4.54. The lowest BCUT2D eigenvalue weighted by Crippen LogP contribution is -2.53. The van der Waals surface area contributed by atoms with Crippen LogP contribution in [0.1, 0.15) is 55.9 Å². The van der Waals surface area contributed by atoms with Crippen LogP contribution in [0.2, 0.25) is 0 Å². The van der Waals surface area contributed by atoms with E-state index in [4.69, 9.17) is 0 Å². The van der Waals surface area contributed by atoms with Crippen molar-refractivity contribution in [2.24, 2.45) is 0 Å². The highest BCUT2D eigenvalue weighted by Gasteiger charge is 2.41. The lowest BCUT2D eigenvalue weighted by atomic mass is 9.96. The van der Waals surface area contributed by atoms with Gasteiger partial charge in [0.05, 0.1) is 17.5 Å². The number of aromatic nitrogens is 1. The van der Waals surface area contributed by atoms with E-state index in [2.05, 4.69) is 31.5 Å². The third kappa shape index (κ3) is 6.02. The maximum absolute atomic E-state index is 13.3. The van der Waals surface area contributed by atoms with E-state index in [1.165, 1.54) is 0 Å². The van der Waals surface area contributed by atoms with Gasteiger partial charge in [0, 0.05) is 53.4 Å². The van der Waals surface area contributed by atoms with Gasteiger partial charge in [-0.1, -0.05) is 22.0 Å². The van der Waals surface area contributed by atoms with E-state index >= 15 is 0 Å². The number of nitrogens with one attached hydrogen (secondary N) is 2. The number of rotatable bonds is 9. The number of aliphatic hydroxyl groups is 1. The van der Waals surface area contributed by atoms with Gasteiger partial charge in [-0.15, -0.1) is 0 Å². The van der Waals surface area contributed by atoms with Crippen molar-refractivity contribution in [2.75, 3.05) is 25.2 Å². The molecule has 0 saturated carbocycles. The Morgan fingerprint density at radius 2 is 1.89 bits per heavy atom. The van der Waals surface area contributed by atoms with Crippen molar-refractivity contribution in [3.63, 3.8) is 0 Å². The zero-order chi connectivity index (χ0) is 26.2. The molecule has 4 rings (SSSR count). The van der Waals surface area contributed by atoms with Gasteiger partial charge < -0.3 is 20.3 Å². The Balaban J connectivity index is 1.43. The van der Waals surface area contributed by atoms with Crippen LogP contribution in [-0.2, 0) is 9.84 Å². The van der Waals surface area contributed by atoms with Gasteiger partial charge in [0.25, 0.3) is 11.5 Å². The molecule has 2 aliphatic heterocycles. The minimum Gasteiger partial charge on any atom is -0.390 e. The van der Waals surface area contributed by atoms with Crippen LogP contribution in [0.25, 0.3) is 10.9 Å². The molecule has 2 fully saturated rings. The summed E-state index contributed by atoms with van der Waals surface area (Å²) in [4.78, 5) is 28.9. The molecule has 1 aromatic heterocycles. The highest BCUT2D eigenvalue weighted by molar-refractivity contribution is 9.10. The molecule has 36 heavy (non-hydrogen) atoms. The number of nitrogens with zero attached hydrogens (tertiary/aromatic N) is 2. The lowest BCUT2D eigenvalue weighted by molar-refractivity contribution is 0.0509. The second-order valence-corrected chi connectivity index (χ2v) is 13.4. The van der Waals surface area contributed by atoms with E-state index in [1.807, 2.05) is 32.0 Å². The van der Waals surface area contributed by atoms with Gasteiger partial charge >= 0.3 is 0 Å². The van der Waals surface area contributed by atoms with Gasteiger partial charge in [0.2, 0.25) is 0 Å². The molecule has 0 spiro atoms. The van der Waals surface area contributed by atoms with Crippen LogP contribution in [0.3, 0.4) is 0 Å². The molecule has 2 bridgehead atoms. The molecular weight excluding hydrogens is 548 g/mol. The fourth-order valence-corrected chi connectivity index (χ4v) is 6.63. The van der Waals surface area contributed by atoms with Gasteiger partial charge in [0.15, 0.2) is 9.84 Å². The van der Waals surface area contributed by atoms with Crippen molar-refractivity contribution in [2.45, 2.75) is 69.8 Å². The first-order valence-corrected chi connectivity index (χ1v) is 15.3. The minimum absolute atomic E-state index is 0.0476. The topological polar surface area (TPSA) is 121 Å². The average molecular weight is 584 g/mol. The summed E-state index contributed by atoms with van der Waals surface area (Å²) in [5, 5.41) is 17.2. The molecule has 4 atom stereocenters. The van der Waals surface area contributed by atoms with Crippen LogP contribution < -0.4 is 16.2 Å².